The molecule has 30 heavy (non-hydrogen) atoms. The average molecular weight is 418 g/mol. The minimum Gasteiger partial charge on any atom is -0.344 e. The molecule has 1 saturated carbocycles. The van der Waals surface area contributed by atoms with Gasteiger partial charge >= 0.3 is 0 Å². The minimum atomic E-state index is -0.824. The lowest BCUT2D eigenvalue weighted by molar-refractivity contribution is -0.126. The van der Waals surface area contributed by atoms with E-state index in [0.717, 1.165) is 43.7 Å². The number of amides is 2. The first-order valence-electron chi connectivity index (χ1n) is 9.91. The molecule has 1 unspecified atom stereocenters. The van der Waals surface area contributed by atoms with Crippen molar-refractivity contribution in [2.75, 3.05) is 5.32 Å². The number of anilines is 1. The van der Waals surface area contributed by atoms with E-state index >= 15 is 0 Å². The number of rotatable bonds is 9. The average Bonchev–Trinajstić information content (AvgIpc) is 3.08. The number of nitrogens with zero attached hydrogens (tertiary/aromatic N) is 2. The Morgan fingerprint density at radius 3 is 2.53 bits per heavy atom. The summed E-state index contributed by atoms with van der Waals surface area (Å²) in [4.78, 5) is 40.5. The maximum Gasteiger partial charge on any atom is 0.248 e. The highest BCUT2D eigenvalue weighted by molar-refractivity contribution is 5.96. The molecule has 3 rings (SSSR count). The maximum absolute atomic E-state index is 13.3. The van der Waals surface area contributed by atoms with Crippen LogP contribution in [0.15, 0.2) is 30.7 Å². The van der Waals surface area contributed by atoms with Crippen LogP contribution in [0.1, 0.15) is 44.6 Å². The largest absolute Gasteiger partial charge is 0.344 e. The predicted molar refractivity (Wildman–Crippen MR) is 106 cm³/mol. The highest BCUT2D eigenvalue weighted by Crippen LogP contribution is 2.37. The molecule has 7 nitrogen and oxygen atoms in total. The molecule has 160 valence electrons. The zero-order valence-corrected chi connectivity index (χ0v) is 16.7. The van der Waals surface area contributed by atoms with Crippen molar-refractivity contribution in [2.24, 2.45) is 0 Å². The lowest BCUT2D eigenvalue weighted by Gasteiger charge is -2.37. The number of nitrogens with one attached hydrogen (secondary N) is 2. The molecule has 0 bridgehead atoms. The fourth-order valence-electron chi connectivity index (χ4n) is 3.52. The van der Waals surface area contributed by atoms with Crippen LogP contribution in [-0.4, -0.2) is 33.7 Å². The Bertz CT molecular complexity index is 920. The van der Waals surface area contributed by atoms with Crippen LogP contribution in [0.25, 0.3) is 0 Å². The third-order valence-electron chi connectivity index (χ3n) is 5.30. The molecule has 1 atom stereocenters. The van der Waals surface area contributed by atoms with Gasteiger partial charge in [-0.2, -0.15) is 0 Å². The van der Waals surface area contributed by atoms with Gasteiger partial charge in [-0.1, -0.05) is 13.3 Å². The number of imidazole rings is 1. The normalized spacial score (nSPS) is 15.7. The Balaban J connectivity index is 1.62. The number of halogens is 2. The van der Waals surface area contributed by atoms with Crippen molar-refractivity contribution >= 4 is 23.9 Å². The molecule has 9 heteroatoms. The second kappa shape index (κ2) is 9.15. The molecule has 1 aromatic heterocycles. The van der Waals surface area contributed by atoms with Crippen LogP contribution in [0.4, 0.5) is 14.6 Å². The number of carbonyl (C=O) groups excluding carboxylic acids is 3. The van der Waals surface area contributed by atoms with Gasteiger partial charge in [-0.05, 0) is 43.4 Å². The van der Waals surface area contributed by atoms with Crippen molar-refractivity contribution in [3.63, 3.8) is 0 Å². The van der Waals surface area contributed by atoms with Crippen LogP contribution in [0.5, 0.6) is 0 Å². The number of aromatic nitrogens is 2. The van der Waals surface area contributed by atoms with Gasteiger partial charge in [0.2, 0.25) is 11.8 Å². The lowest BCUT2D eigenvalue weighted by Crippen LogP contribution is -2.44. The second-order valence-corrected chi connectivity index (χ2v) is 7.59. The SMILES string of the molecule is CCCC(NC(=O)Cc1cc(F)cc(F)c1)C(=O)Nc1cn(C2(C=O)CCC2)cn1. The molecule has 0 aliphatic heterocycles. The van der Waals surface area contributed by atoms with E-state index < -0.39 is 35.0 Å². The Hall–Kier alpha value is -3.10. The van der Waals surface area contributed by atoms with Crippen molar-refractivity contribution in [3.05, 3.63) is 47.9 Å². The molecule has 0 saturated heterocycles. The second-order valence-electron chi connectivity index (χ2n) is 7.59. The van der Waals surface area contributed by atoms with E-state index in [9.17, 15) is 23.2 Å². The smallest absolute Gasteiger partial charge is 0.248 e. The lowest BCUT2D eigenvalue weighted by atomic mass is 9.78. The van der Waals surface area contributed by atoms with E-state index in [4.69, 9.17) is 0 Å². The highest BCUT2D eigenvalue weighted by atomic mass is 19.1. The number of hydrogen-bond donors (Lipinski definition) is 2. The predicted octanol–water partition coefficient (Wildman–Crippen LogP) is 2.71. The van der Waals surface area contributed by atoms with Gasteiger partial charge in [-0.3, -0.25) is 9.59 Å². The van der Waals surface area contributed by atoms with Crippen LogP contribution in [0.3, 0.4) is 0 Å². The van der Waals surface area contributed by atoms with E-state index in [1.807, 2.05) is 6.92 Å². The summed E-state index contributed by atoms with van der Waals surface area (Å²) < 4.78 is 28.3. The molecule has 2 N–H and O–H groups in total. The molecule has 1 aliphatic rings. The Morgan fingerprint density at radius 1 is 1.27 bits per heavy atom. The van der Waals surface area contributed by atoms with E-state index in [2.05, 4.69) is 15.6 Å². The van der Waals surface area contributed by atoms with Crippen LogP contribution in [0.2, 0.25) is 0 Å². The summed E-state index contributed by atoms with van der Waals surface area (Å²) in [5, 5.41) is 5.27. The van der Waals surface area contributed by atoms with E-state index in [1.165, 1.54) is 6.33 Å². The Labute approximate surface area is 172 Å². The van der Waals surface area contributed by atoms with Gasteiger partial charge in [0.15, 0.2) is 5.82 Å². The van der Waals surface area contributed by atoms with E-state index in [-0.39, 0.29) is 17.8 Å². The van der Waals surface area contributed by atoms with Gasteiger partial charge in [-0.25, -0.2) is 13.8 Å². The Morgan fingerprint density at radius 2 is 1.97 bits per heavy atom. The maximum atomic E-state index is 13.3. The van der Waals surface area contributed by atoms with Gasteiger partial charge in [0, 0.05) is 12.3 Å². The molecule has 0 radical (unpaired) electrons. The van der Waals surface area contributed by atoms with Gasteiger partial charge in [0.1, 0.15) is 29.5 Å². The van der Waals surface area contributed by atoms with Gasteiger partial charge in [-0.15, -0.1) is 0 Å². The van der Waals surface area contributed by atoms with Gasteiger partial charge < -0.3 is 20.0 Å². The Kier molecular flexibility index (Phi) is 6.59. The summed E-state index contributed by atoms with van der Waals surface area (Å²) >= 11 is 0. The minimum absolute atomic E-state index is 0.180. The number of benzene rings is 1. The molecule has 1 aromatic carbocycles. The quantitative estimate of drug-likeness (QED) is 0.613. The standard InChI is InChI=1S/C21H24F2N4O3/c1-2-4-17(25-19(29)9-14-7-15(22)10-16(23)8-14)20(30)26-18-11-27(13-24-18)21(12-28)5-3-6-21/h7-8,10-13,17H,2-6,9H2,1H3,(H,25,29)(H,26,30). The molecule has 2 aromatic rings. The first-order valence-corrected chi connectivity index (χ1v) is 9.91. The van der Waals surface area contributed by atoms with E-state index in [1.54, 1.807) is 10.8 Å². The number of hydrogen-bond acceptors (Lipinski definition) is 4. The molecule has 1 fully saturated rings. The van der Waals surface area contributed by atoms with Gasteiger partial charge in [0.25, 0.3) is 0 Å². The molecule has 0 spiro atoms. The first kappa shape index (κ1) is 21.6. The zero-order valence-electron chi connectivity index (χ0n) is 16.7. The van der Waals surface area contributed by atoms with Crippen molar-refractivity contribution in [3.8, 4) is 0 Å². The van der Waals surface area contributed by atoms with Crippen LogP contribution in [0, 0.1) is 11.6 Å². The van der Waals surface area contributed by atoms with Crippen LogP contribution < -0.4 is 10.6 Å². The molecular formula is C21H24F2N4O3. The summed E-state index contributed by atoms with van der Waals surface area (Å²) in [6.07, 6.45) is 7.20. The molecular weight excluding hydrogens is 394 g/mol. The third-order valence-corrected chi connectivity index (χ3v) is 5.30. The summed E-state index contributed by atoms with van der Waals surface area (Å²) in [5.41, 5.74) is -0.410. The summed E-state index contributed by atoms with van der Waals surface area (Å²) in [6, 6.07) is 2.06. The molecule has 2 amide bonds. The molecule has 1 aliphatic carbocycles. The fourth-order valence-corrected chi connectivity index (χ4v) is 3.52. The number of carbonyl (C=O) groups is 3. The van der Waals surface area contributed by atoms with Crippen LogP contribution >= 0.6 is 0 Å². The highest BCUT2D eigenvalue weighted by Gasteiger charge is 2.38. The first-order chi connectivity index (χ1) is 14.3. The van der Waals surface area contributed by atoms with E-state index in [0.29, 0.717) is 12.8 Å². The molecule has 1 heterocycles. The number of aldehydes is 1. The van der Waals surface area contributed by atoms with Crippen molar-refractivity contribution in [1.82, 2.24) is 14.9 Å². The van der Waals surface area contributed by atoms with Crippen molar-refractivity contribution < 1.29 is 23.2 Å². The summed E-state index contributed by atoms with van der Waals surface area (Å²) in [7, 11) is 0. The third kappa shape index (κ3) is 4.90. The fraction of sp³-hybridized carbons (Fsp3) is 0.429. The summed E-state index contributed by atoms with van der Waals surface area (Å²) in [5.74, 6) is -2.22. The van der Waals surface area contributed by atoms with Crippen molar-refractivity contribution in [1.29, 1.82) is 0 Å². The van der Waals surface area contributed by atoms with Crippen molar-refractivity contribution in [2.45, 2.75) is 57.0 Å². The zero-order chi connectivity index (χ0) is 21.7. The van der Waals surface area contributed by atoms with Gasteiger partial charge in [0.05, 0.1) is 12.7 Å². The summed E-state index contributed by atoms with van der Waals surface area (Å²) in [6.45, 7) is 1.87. The monoisotopic (exact) mass is 418 g/mol. The van der Waals surface area contributed by atoms with Crippen LogP contribution in [-0.2, 0) is 26.3 Å². The topological polar surface area (TPSA) is 93.1 Å².